The van der Waals surface area contributed by atoms with Crippen LogP contribution in [0.5, 0.6) is 0 Å². The van der Waals surface area contributed by atoms with Crippen molar-refractivity contribution in [2.45, 2.75) is 32.6 Å². The Labute approximate surface area is 155 Å². The number of anilines is 1. The van der Waals surface area contributed by atoms with Gasteiger partial charge in [0.25, 0.3) is 5.82 Å². The zero-order chi connectivity index (χ0) is 17.7. The number of hydrogen-bond donors (Lipinski definition) is 0. The highest BCUT2D eigenvalue weighted by Gasteiger charge is 2.54. The summed E-state index contributed by atoms with van der Waals surface area (Å²) in [7, 11) is 2.20. The fourth-order valence-electron chi connectivity index (χ4n) is 5.68. The number of nitrogens with zero attached hydrogens (tertiary/aromatic N) is 3. The summed E-state index contributed by atoms with van der Waals surface area (Å²) in [6, 6.07) is 13.7. The zero-order valence-corrected chi connectivity index (χ0v) is 15.8. The molecule has 0 radical (unpaired) electrons. The van der Waals surface area contributed by atoms with E-state index in [0.717, 1.165) is 6.54 Å². The Kier molecular flexibility index (Phi) is 2.60. The minimum Gasteiger partial charge on any atom is -0.369 e. The smallest absolute Gasteiger partial charge is 0.369 e. The second-order valence-electron chi connectivity index (χ2n) is 8.33. The number of fused-ring (bicyclic) bond motifs is 3. The first kappa shape index (κ1) is 14.7. The van der Waals surface area contributed by atoms with Gasteiger partial charge in [0.1, 0.15) is 11.9 Å². The number of rotatable bonds is 0. The molecule has 0 saturated heterocycles. The molecular formula is C22H23BN3+. The lowest BCUT2D eigenvalue weighted by Crippen LogP contribution is -2.65. The van der Waals surface area contributed by atoms with E-state index in [4.69, 9.17) is 0 Å². The van der Waals surface area contributed by atoms with E-state index in [1.54, 1.807) is 11.0 Å². The van der Waals surface area contributed by atoms with E-state index in [-0.39, 0.29) is 0 Å². The third-order valence-corrected chi connectivity index (χ3v) is 6.83. The summed E-state index contributed by atoms with van der Waals surface area (Å²) in [6.45, 7) is 8.37. The molecule has 2 unspecified atom stereocenters. The molecule has 3 nitrogen and oxygen atoms in total. The second-order valence-corrected chi connectivity index (χ2v) is 8.33. The van der Waals surface area contributed by atoms with Crippen molar-refractivity contribution in [1.29, 1.82) is 0 Å². The van der Waals surface area contributed by atoms with Gasteiger partial charge in [-0.3, -0.25) is 4.48 Å². The summed E-state index contributed by atoms with van der Waals surface area (Å²) in [6.07, 6.45) is 2.35. The van der Waals surface area contributed by atoms with Gasteiger partial charge in [-0.25, -0.2) is 4.57 Å². The van der Waals surface area contributed by atoms with Crippen LogP contribution in [0.2, 0.25) is 0 Å². The molecule has 26 heavy (non-hydrogen) atoms. The first-order chi connectivity index (χ1) is 12.6. The predicted octanol–water partition coefficient (Wildman–Crippen LogP) is 2.93. The fraction of sp³-hybridized carbons (Fsp3) is 0.318. The molecule has 128 valence electrons. The Bertz CT molecular complexity index is 1100. The Hall–Kier alpha value is -2.49. The Morgan fingerprint density at radius 2 is 1.85 bits per heavy atom. The average molecular weight is 340 g/mol. The van der Waals surface area contributed by atoms with Gasteiger partial charge in [0.2, 0.25) is 0 Å². The summed E-state index contributed by atoms with van der Waals surface area (Å²) in [5.41, 5.74) is 10.2. The molecule has 0 saturated carbocycles. The van der Waals surface area contributed by atoms with Gasteiger partial charge >= 0.3 is 6.98 Å². The van der Waals surface area contributed by atoms with Crippen LogP contribution in [0.25, 0.3) is 11.4 Å². The van der Waals surface area contributed by atoms with Crippen molar-refractivity contribution in [3.63, 3.8) is 0 Å². The van der Waals surface area contributed by atoms with Crippen molar-refractivity contribution in [1.82, 2.24) is 4.48 Å². The maximum atomic E-state index is 2.65. The summed E-state index contributed by atoms with van der Waals surface area (Å²) in [5.74, 6) is 2.34. The molecule has 0 aliphatic carbocycles. The molecule has 3 aromatic rings. The lowest BCUT2D eigenvalue weighted by molar-refractivity contribution is -0.659. The highest BCUT2D eigenvalue weighted by Crippen LogP contribution is 2.44. The van der Waals surface area contributed by atoms with Crippen LogP contribution in [0.1, 0.15) is 48.1 Å². The molecule has 1 aromatic heterocycles. The number of aryl methyl sites for hydroxylation is 2. The van der Waals surface area contributed by atoms with Crippen LogP contribution in [0.15, 0.2) is 42.6 Å². The molecule has 4 heteroatoms. The van der Waals surface area contributed by atoms with Crippen molar-refractivity contribution in [2.24, 2.45) is 7.05 Å². The highest BCUT2D eigenvalue weighted by atomic mass is 15.3. The first-order valence-corrected chi connectivity index (χ1v) is 9.68. The number of aromatic nitrogens is 2. The molecule has 0 amide bonds. The van der Waals surface area contributed by atoms with E-state index >= 15 is 0 Å². The van der Waals surface area contributed by atoms with Gasteiger partial charge in [0.15, 0.2) is 0 Å². The fourth-order valence-corrected chi connectivity index (χ4v) is 5.68. The van der Waals surface area contributed by atoms with E-state index in [2.05, 4.69) is 84.3 Å². The number of imidazole rings is 1. The van der Waals surface area contributed by atoms with Crippen molar-refractivity contribution in [3.05, 3.63) is 65.0 Å². The lowest BCUT2D eigenvalue weighted by atomic mass is 9.52. The summed E-state index contributed by atoms with van der Waals surface area (Å²) in [5, 5.41) is 0. The largest absolute Gasteiger partial charge is 0.538 e. The molecule has 0 bridgehead atoms. The monoisotopic (exact) mass is 340 g/mol. The SMILES string of the molecule is Cc1cccc2c1-c1n3c(c[n+]1C)C(C)c1cccc4c1B3N2CC4C. The number of benzene rings is 2. The molecule has 0 spiro atoms. The van der Waals surface area contributed by atoms with Crippen LogP contribution < -0.4 is 14.8 Å². The Balaban J connectivity index is 1.80. The van der Waals surface area contributed by atoms with Crippen LogP contribution in [0.3, 0.4) is 0 Å². The topological polar surface area (TPSA) is 12.0 Å². The van der Waals surface area contributed by atoms with Crippen LogP contribution in [-0.4, -0.2) is 18.0 Å². The van der Waals surface area contributed by atoms with Crippen LogP contribution >= 0.6 is 0 Å². The van der Waals surface area contributed by atoms with Gasteiger partial charge in [-0.05, 0) is 35.6 Å². The summed E-state index contributed by atoms with van der Waals surface area (Å²) >= 11 is 0. The van der Waals surface area contributed by atoms with Gasteiger partial charge < -0.3 is 4.81 Å². The minimum absolute atomic E-state index is 0.300. The standard InChI is InChI=1S/C22H23BN3/c1-13-7-5-10-18-20(13)22-24(4)12-19-15(3)17-9-6-8-16-14(2)11-25(18)23(21(16)17)26(19)22/h5-10,12,14-15H,11H2,1-4H3/q+1. The zero-order valence-electron chi connectivity index (χ0n) is 15.8. The van der Waals surface area contributed by atoms with Gasteiger partial charge in [-0.1, -0.05) is 44.2 Å². The van der Waals surface area contributed by atoms with Crippen LogP contribution in [-0.2, 0) is 7.05 Å². The molecule has 4 heterocycles. The normalized spacial score (nSPS) is 21.5. The van der Waals surface area contributed by atoms with Crippen molar-refractivity contribution >= 4 is 18.1 Å². The highest BCUT2D eigenvalue weighted by molar-refractivity contribution is 6.78. The lowest BCUT2D eigenvalue weighted by Gasteiger charge is -2.44. The molecule has 0 N–H and O–H groups in total. The minimum atomic E-state index is 0.300. The molecule has 3 aliphatic heterocycles. The quantitative estimate of drug-likeness (QED) is 0.453. The third-order valence-electron chi connectivity index (χ3n) is 6.83. The average Bonchev–Trinajstić information content (AvgIpc) is 2.98. The predicted molar refractivity (Wildman–Crippen MR) is 106 cm³/mol. The second kappa shape index (κ2) is 4.62. The Morgan fingerprint density at radius 3 is 2.69 bits per heavy atom. The maximum absolute atomic E-state index is 2.65. The summed E-state index contributed by atoms with van der Waals surface area (Å²) in [4.78, 5) is 2.65. The van der Waals surface area contributed by atoms with Gasteiger partial charge in [0, 0.05) is 23.6 Å². The van der Waals surface area contributed by atoms with E-state index in [1.807, 2.05) is 0 Å². The van der Waals surface area contributed by atoms with E-state index in [0.29, 0.717) is 18.8 Å². The van der Waals surface area contributed by atoms with Gasteiger partial charge in [0.05, 0.1) is 12.6 Å². The molecule has 2 aromatic carbocycles. The van der Waals surface area contributed by atoms with Crippen molar-refractivity contribution < 1.29 is 4.57 Å². The van der Waals surface area contributed by atoms with E-state index in [9.17, 15) is 0 Å². The summed E-state index contributed by atoms with van der Waals surface area (Å²) < 4.78 is 4.97. The number of hydrogen-bond acceptors (Lipinski definition) is 1. The van der Waals surface area contributed by atoms with Crippen LogP contribution in [0, 0.1) is 6.92 Å². The maximum Gasteiger partial charge on any atom is 0.538 e. The van der Waals surface area contributed by atoms with Gasteiger partial charge in [-0.15, -0.1) is 0 Å². The van der Waals surface area contributed by atoms with Crippen molar-refractivity contribution in [3.8, 4) is 11.4 Å². The Morgan fingerprint density at radius 1 is 1.08 bits per heavy atom. The van der Waals surface area contributed by atoms with Gasteiger partial charge in [-0.2, -0.15) is 0 Å². The van der Waals surface area contributed by atoms with Crippen molar-refractivity contribution in [2.75, 3.05) is 11.4 Å². The molecule has 0 fully saturated rings. The molecule has 6 rings (SSSR count). The molecular weight excluding hydrogens is 317 g/mol. The third kappa shape index (κ3) is 1.51. The van der Waals surface area contributed by atoms with E-state index in [1.165, 1.54) is 33.9 Å². The van der Waals surface area contributed by atoms with Crippen LogP contribution in [0.4, 0.5) is 5.69 Å². The first-order valence-electron chi connectivity index (χ1n) is 9.68. The van der Waals surface area contributed by atoms with E-state index < -0.39 is 0 Å². The molecule has 3 aliphatic rings. The molecule has 2 atom stereocenters.